The second kappa shape index (κ2) is 3.70. The first-order valence-corrected chi connectivity index (χ1v) is 5.02. The maximum absolute atomic E-state index is 9.54. The van der Waals surface area contributed by atoms with Gasteiger partial charge in [0, 0.05) is 0 Å². The molecule has 2 aromatic carbocycles. The van der Waals surface area contributed by atoms with Gasteiger partial charge in [-0.3, -0.25) is 0 Å². The van der Waals surface area contributed by atoms with Crippen molar-refractivity contribution in [2.75, 3.05) is 0 Å². The lowest BCUT2D eigenvalue weighted by Gasteiger charge is -2.06. The van der Waals surface area contributed by atoms with Crippen LogP contribution in [0.3, 0.4) is 0 Å². The van der Waals surface area contributed by atoms with Crippen molar-refractivity contribution in [2.24, 2.45) is 0 Å². The molecule has 2 rings (SSSR count). The number of hydrogen-bond donors (Lipinski definition) is 1. The quantitative estimate of drug-likeness (QED) is 0.761. The normalized spacial score (nSPS) is 10.6. The molecule has 0 aromatic heterocycles. The van der Waals surface area contributed by atoms with Gasteiger partial charge >= 0.3 is 0 Å². The van der Waals surface area contributed by atoms with Crippen LogP contribution in [0.4, 0.5) is 0 Å². The topological polar surface area (TPSA) is 20.2 Å². The summed E-state index contributed by atoms with van der Waals surface area (Å²) in [6.07, 6.45) is 2.13. The number of rotatable bonds is 2. The summed E-state index contributed by atoms with van der Waals surface area (Å²) in [7, 11) is 0. The van der Waals surface area contributed by atoms with Crippen LogP contribution in [0, 0.1) is 0 Å². The zero-order chi connectivity index (χ0) is 9.97. The molecule has 0 amide bonds. The third kappa shape index (κ3) is 1.58. The maximum atomic E-state index is 9.54. The molecule has 0 spiro atoms. The number of phenols is 1. The average Bonchev–Trinajstić information content (AvgIpc) is 2.18. The Morgan fingerprint density at radius 1 is 1.14 bits per heavy atom. The van der Waals surface area contributed by atoms with E-state index in [0.717, 1.165) is 18.2 Å². The van der Waals surface area contributed by atoms with E-state index in [4.69, 9.17) is 0 Å². The highest BCUT2D eigenvalue weighted by Gasteiger charge is 2.01. The van der Waals surface area contributed by atoms with Crippen molar-refractivity contribution >= 4 is 10.8 Å². The van der Waals surface area contributed by atoms with Crippen molar-refractivity contribution < 1.29 is 5.11 Å². The summed E-state index contributed by atoms with van der Waals surface area (Å²) >= 11 is 0. The standard InChI is InChI=1S/C13H14O/c1-2-5-10-8-12(14)9-11-6-3-4-7-13(10)11/h3-4,6-9,14H,2,5H2,1H3. The van der Waals surface area contributed by atoms with Crippen LogP contribution in [0.5, 0.6) is 5.75 Å². The Hall–Kier alpha value is -1.50. The summed E-state index contributed by atoms with van der Waals surface area (Å²) in [6.45, 7) is 2.15. The minimum absolute atomic E-state index is 0.368. The molecule has 0 aliphatic heterocycles. The van der Waals surface area contributed by atoms with Gasteiger partial charge in [-0.2, -0.15) is 0 Å². The zero-order valence-electron chi connectivity index (χ0n) is 8.33. The molecule has 0 aliphatic rings. The molecule has 0 atom stereocenters. The summed E-state index contributed by atoms with van der Waals surface area (Å²) in [5, 5.41) is 11.9. The number of hydrogen-bond acceptors (Lipinski definition) is 1. The van der Waals surface area contributed by atoms with Crippen LogP contribution < -0.4 is 0 Å². The lowest BCUT2D eigenvalue weighted by atomic mass is 10.0. The van der Waals surface area contributed by atoms with Gasteiger partial charge in [-0.05, 0) is 34.9 Å². The van der Waals surface area contributed by atoms with E-state index in [1.807, 2.05) is 30.3 Å². The minimum atomic E-state index is 0.368. The Bertz CT molecular complexity index is 446. The predicted molar refractivity (Wildman–Crippen MR) is 59.6 cm³/mol. The third-order valence-corrected chi connectivity index (χ3v) is 2.45. The van der Waals surface area contributed by atoms with Crippen molar-refractivity contribution in [3.63, 3.8) is 0 Å². The number of phenolic OH excluding ortho intramolecular Hbond substituents is 1. The van der Waals surface area contributed by atoms with Crippen molar-refractivity contribution in [3.05, 3.63) is 42.0 Å². The zero-order valence-corrected chi connectivity index (χ0v) is 8.33. The molecular formula is C13H14O. The van der Waals surface area contributed by atoms with Crippen LogP contribution in [0.25, 0.3) is 10.8 Å². The van der Waals surface area contributed by atoms with Crippen molar-refractivity contribution in [1.29, 1.82) is 0 Å². The SMILES string of the molecule is CCCc1cc(O)cc2ccccc12. The largest absolute Gasteiger partial charge is 0.508 e. The highest BCUT2D eigenvalue weighted by molar-refractivity contribution is 5.87. The van der Waals surface area contributed by atoms with E-state index in [1.54, 1.807) is 0 Å². The highest BCUT2D eigenvalue weighted by atomic mass is 16.3. The van der Waals surface area contributed by atoms with Gasteiger partial charge in [-0.25, -0.2) is 0 Å². The smallest absolute Gasteiger partial charge is 0.116 e. The Balaban J connectivity index is 2.67. The monoisotopic (exact) mass is 186 g/mol. The molecule has 0 bridgehead atoms. The van der Waals surface area contributed by atoms with E-state index in [1.165, 1.54) is 10.9 Å². The Morgan fingerprint density at radius 3 is 2.71 bits per heavy atom. The van der Waals surface area contributed by atoms with Crippen LogP contribution in [0.2, 0.25) is 0 Å². The summed E-state index contributed by atoms with van der Waals surface area (Å²) in [4.78, 5) is 0. The fraction of sp³-hybridized carbons (Fsp3) is 0.231. The van der Waals surface area contributed by atoms with E-state index < -0.39 is 0 Å². The van der Waals surface area contributed by atoms with Gasteiger partial charge in [0.15, 0.2) is 0 Å². The third-order valence-electron chi connectivity index (χ3n) is 2.45. The van der Waals surface area contributed by atoms with Gasteiger partial charge in [-0.1, -0.05) is 37.6 Å². The van der Waals surface area contributed by atoms with Gasteiger partial charge in [0.1, 0.15) is 5.75 Å². The van der Waals surface area contributed by atoms with E-state index >= 15 is 0 Å². The Morgan fingerprint density at radius 2 is 1.93 bits per heavy atom. The molecule has 0 radical (unpaired) electrons. The second-order valence-electron chi connectivity index (χ2n) is 3.58. The molecule has 0 fully saturated rings. The van der Waals surface area contributed by atoms with Gasteiger partial charge < -0.3 is 5.11 Å². The van der Waals surface area contributed by atoms with Crippen LogP contribution in [-0.4, -0.2) is 5.11 Å². The molecule has 1 nitrogen and oxygen atoms in total. The maximum Gasteiger partial charge on any atom is 0.116 e. The molecule has 14 heavy (non-hydrogen) atoms. The molecule has 0 unspecified atom stereocenters. The molecule has 0 saturated heterocycles. The van der Waals surface area contributed by atoms with Crippen molar-refractivity contribution in [1.82, 2.24) is 0 Å². The first kappa shape index (κ1) is 9.07. The van der Waals surface area contributed by atoms with Gasteiger partial charge in [0.2, 0.25) is 0 Å². The number of fused-ring (bicyclic) bond motifs is 1. The van der Waals surface area contributed by atoms with Gasteiger partial charge in [0.05, 0.1) is 0 Å². The number of aryl methyl sites for hydroxylation is 1. The minimum Gasteiger partial charge on any atom is -0.508 e. The molecular weight excluding hydrogens is 172 g/mol. The summed E-state index contributed by atoms with van der Waals surface area (Å²) in [6, 6.07) is 11.9. The van der Waals surface area contributed by atoms with Crippen LogP contribution in [0.1, 0.15) is 18.9 Å². The molecule has 0 aliphatic carbocycles. The molecule has 72 valence electrons. The van der Waals surface area contributed by atoms with Crippen LogP contribution >= 0.6 is 0 Å². The van der Waals surface area contributed by atoms with Gasteiger partial charge in [-0.15, -0.1) is 0 Å². The fourth-order valence-electron chi connectivity index (χ4n) is 1.85. The summed E-state index contributed by atoms with van der Waals surface area (Å²) in [5.41, 5.74) is 1.24. The summed E-state index contributed by atoms with van der Waals surface area (Å²) < 4.78 is 0. The Labute approximate surface area is 84.0 Å². The predicted octanol–water partition coefficient (Wildman–Crippen LogP) is 3.50. The second-order valence-corrected chi connectivity index (χ2v) is 3.58. The first-order valence-electron chi connectivity index (χ1n) is 5.02. The average molecular weight is 186 g/mol. The Kier molecular flexibility index (Phi) is 2.40. The molecule has 1 N–H and O–H groups in total. The lowest BCUT2D eigenvalue weighted by molar-refractivity contribution is 0.475. The van der Waals surface area contributed by atoms with Crippen molar-refractivity contribution in [2.45, 2.75) is 19.8 Å². The van der Waals surface area contributed by atoms with Gasteiger partial charge in [0.25, 0.3) is 0 Å². The van der Waals surface area contributed by atoms with Crippen LogP contribution in [0.15, 0.2) is 36.4 Å². The van der Waals surface area contributed by atoms with E-state index in [9.17, 15) is 5.11 Å². The first-order chi connectivity index (χ1) is 6.81. The fourth-order valence-corrected chi connectivity index (χ4v) is 1.85. The van der Waals surface area contributed by atoms with Crippen LogP contribution in [-0.2, 0) is 6.42 Å². The number of benzene rings is 2. The number of aromatic hydroxyl groups is 1. The molecule has 2 aromatic rings. The summed E-state index contributed by atoms with van der Waals surface area (Å²) in [5.74, 6) is 0.368. The molecule has 0 saturated carbocycles. The van der Waals surface area contributed by atoms with Crippen molar-refractivity contribution in [3.8, 4) is 5.75 Å². The van der Waals surface area contributed by atoms with E-state index in [-0.39, 0.29) is 0 Å². The van der Waals surface area contributed by atoms with E-state index in [2.05, 4.69) is 13.0 Å². The molecule has 1 heteroatoms. The highest BCUT2D eigenvalue weighted by Crippen LogP contribution is 2.25. The molecule has 0 heterocycles. The van der Waals surface area contributed by atoms with E-state index in [0.29, 0.717) is 5.75 Å². The lowest BCUT2D eigenvalue weighted by Crippen LogP contribution is -1.85.